The molecule has 0 bridgehead atoms. The zero-order valence-electron chi connectivity index (χ0n) is 27.9. The third-order valence-corrected chi connectivity index (χ3v) is 10.1. The molecule has 2 aromatic carbocycles. The van der Waals surface area contributed by atoms with Crippen molar-refractivity contribution in [1.82, 2.24) is 0 Å². The van der Waals surface area contributed by atoms with Crippen molar-refractivity contribution in [3.05, 3.63) is 36.4 Å². The van der Waals surface area contributed by atoms with Gasteiger partial charge in [-0.15, -0.1) is 0 Å². The summed E-state index contributed by atoms with van der Waals surface area (Å²) in [7, 11) is 0. The standard InChI is InChI=1S/C36H46N4O9/c1-3-35(33(39(11-29-19-45-29)12-30-20-46-30)5-23(1)37(7-25-15-41-25)8-26-16-42-26)49-36-4-2-24(38(9-27-17-43-27)10-28-18-44-28)6-34(36)40(13-31-21-47-31)14-32-22-48-32/h1-6,25-32H,7-22H2. The van der Waals surface area contributed by atoms with Crippen LogP contribution in [0.4, 0.5) is 22.7 Å². The second kappa shape index (κ2) is 13.0. The zero-order chi connectivity index (χ0) is 32.3. The van der Waals surface area contributed by atoms with Gasteiger partial charge in [-0.3, -0.25) is 0 Å². The average molecular weight is 679 g/mol. The molecule has 0 aromatic heterocycles. The first kappa shape index (κ1) is 30.9. The number of nitrogens with zero attached hydrogens (tertiary/aromatic N) is 4. The molecule has 13 nitrogen and oxygen atoms in total. The van der Waals surface area contributed by atoms with Crippen LogP contribution in [0.3, 0.4) is 0 Å². The Morgan fingerprint density at radius 1 is 0.388 bits per heavy atom. The quantitative estimate of drug-likeness (QED) is 0.169. The zero-order valence-corrected chi connectivity index (χ0v) is 27.9. The van der Waals surface area contributed by atoms with E-state index in [0.717, 1.165) is 139 Å². The number of hydrogen-bond acceptors (Lipinski definition) is 13. The lowest BCUT2D eigenvalue weighted by molar-refractivity contribution is 0.386. The molecule has 264 valence electrons. The molecule has 8 atom stereocenters. The van der Waals surface area contributed by atoms with E-state index in [4.69, 9.17) is 42.6 Å². The Bertz CT molecular complexity index is 1320. The summed E-state index contributed by atoms with van der Waals surface area (Å²) in [5.74, 6) is 1.62. The molecule has 13 heteroatoms. The van der Waals surface area contributed by atoms with E-state index < -0.39 is 0 Å². The number of ether oxygens (including phenoxy) is 9. The molecule has 2 aromatic rings. The van der Waals surface area contributed by atoms with Gasteiger partial charge in [-0.2, -0.15) is 0 Å². The molecule has 8 aliphatic rings. The smallest absolute Gasteiger partial charge is 0.150 e. The second-order valence-corrected chi connectivity index (χ2v) is 14.7. The lowest BCUT2D eigenvalue weighted by Gasteiger charge is -2.31. The molecule has 0 radical (unpaired) electrons. The summed E-state index contributed by atoms with van der Waals surface area (Å²) in [6, 6.07) is 13.2. The monoisotopic (exact) mass is 678 g/mol. The molecule has 8 fully saturated rings. The highest BCUT2D eigenvalue weighted by atomic mass is 16.6. The van der Waals surface area contributed by atoms with Gasteiger partial charge in [-0.1, -0.05) is 0 Å². The van der Waals surface area contributed by atoms with Crippen LogP contribution in [0, 0.1) is 0 Å². The molecular formula is C36H46N4O9. The van der Waals surface area contributed by atoms with Gasteiger partial charge < -0.3 is 62.2 Å². The third kappa shape index (κ3) is 8.54. The number of rotatable bonds is 22. The summed E-state index contributed by atoms with van der Waals surface area (Å²) in [4.78, 5) is 9.58. The fraction of sp³-hybridized carbons (Fsp3) is 0.667. The molecule has 10 rings (SSSR count). The van der Waals surface area contributed by atoms with E-state index in [0.29, 0.717) is 0 Å². The van der Waals surface area contributed by atoms with Gasteiger partial charge in [-0.05, 0) is 36.4 Å². The van der Waals surface area contributed by atoms with Crippen LogP contribution in [-0.4, -0.2) is 154 Å². The Hall–Kier alpha value is -2.88. The number of hydrogen-bond donors (Lipinski definition) is 0. The van der Waals surface area contributed by atoms with Crippen molar-refractivity contribution in [1.29, 1.82) is 0 Å². The number of anilines is 4. The topological polar surface area (TPSA) is 122 Å². The molecule has 8 aliphatic heterocycles. The summed E-state index contributed by atoms with van der Waals surface area (Å²) < 4.78 is 52.6. The van der Waals surface area contributed by atoms with Crippen LogP contribution < -0.4 is 24.3 Å². The Balaban J connectivity index is 1.01. The summed E-state index contributed by atoms with van der Waals surface area (Å²) in [6.45, 7) is 12.9. The fourth-order valence-corrected chi connectivity index (χ4v) is 6.66. The van der Waals surface area contributed by atoms with Gasteiger partial charge in [0.25, 0.3) is 0 Å². The maximum atomic E-state index is 7.07. The van der Waals surface area contributed by atoms with Gasteiger partial charge in [0, 0.05) is 63.7 Å². The van der Waals surface area contributed by atoms with Crippen molar-refractivity contribution in [3.8, 4) is 11.5 Å². The van der Waals surface area contributed by atoms with Gasteiger partial charge in [0.05, 0.1) is 113 Å². The first-order valence-electron chi connectivity index (χ1n) is 18.0. The van der Waals surface area contributed by atoms with Gasteiger partial charge in [0.2, 0.25) is 0 Å². The molecule has 0 amide bonds. The first-order valence-corrected chi connectivity index (χ1v) is 18.0. The third-order valence-electron chi connectivity index (χ3n) is 10.1. The number of epoxide rings is 8. The van der Waals surface area contributed by atoms with E-state index in [1.165, 1.54) is 0 Å². The highest BCUT2D eigenvalue weighted by Crippen LogP contribution is 2.43. The van der Waals surface area contributed by atoms with Crippen molar-refractivity contribution < 1.29 is 42.6 Å². The van der Waals surface area contributed by atoms with Crippen molar-refractivity contribution in [2.75, 3.05) is 125 Å². The average Bonchev–Trinajstić information content (AvgIpc) is 3.91. The van der Waals surface area contributed by atoms with Crippen LogP contribution in [0.1, 0.15) is 0 Å². The minimum Gasteiger partial charge on any atom is -0.453 e. The highest BCUT2D eigenvalue weighted by molar-refractivity contribution is 5.72. The lowest BCUT2D eigenvalue weighted by atomic mass is 10.1. The predicted octanol–water partition coefficient (Wildman–Crippen LogP) is 1.89. The van der Waals surface area contributed by atoms with E-state index in [-0.39, 0.29) is 48.8 Å². The summed E-state index contributed by atoms with van der Waals surface area (Å²) in [5.41, 5.74) is 4.36. The van der Waals surface area contributed by atoms with E-state index >= 15 is 0 Å². The van der Waals surface area contributed by atoms with E-state index in [2.05, 4.69) is 56.0 Å². The maximum absolute atomic E-state index is 7.07. The van der Waals surface area contributed by atoms with Gasteiger partial charge in [-0.25, -0.2) is 0 Å². The van der Waals surface area contributed by atoms with E-state index in [1.807, 2.05) is 0 Å². The van der Waals surface area contributed by atoms with Crippen LogP contribution in [0.25, 0.3) is 0 Å². The molecule has 8 heterocycles. The van der Waals surface area contributed by atoms with Crippen LogP contribution >= 0.6 is 0 Å². The summed E-state index contributed by atoms with van der Waals surface area (Å²) >= 11 is 0. The summed E-state index contributed by atoms with van der Waals surface area (Å²) in [5, 5.41) is 0. The van der Waals surface area contributed by atoms with Crippen LogP contribution in [0.15, 0.2) is 36.4 Å². The lowest BCUT2D eigenvalue weighted by Crippen LogP contribution is -2.34. The van der Waals surface area contributed by atoms with Crippen molar-refractivity contribution in [3.63, 3.8) is 0 Å². The number of benzene rings is 2. The second-order valence-electron chi connectivity index (χ2n) is 14.7. The first-order chi connectivity index (χ1) is 24.1. The van der Waals surface area contributed by atoms with Gasteiger partial charge in [0.1, 0.15) is 0 Å². The normalized spacial score (nSPS) is 32.2. The van der Waals surface area contributed by atoms with Crippen molar-refractivity contribution in [2.45, 2.75) is 48.8 Å². The van der Waals surface area contributed by atoms with Crippen molar-refractivity contribution >= 4 is 22.7 Å². The minimum atomic E-state index is 0.213. The molecule has 8 saturated heterocycles. The van der Waals surface area contributed by atoms with E-state index in [9.17, 15) is 0 Å². The molecule has 0 aliphatic carbocycles. The molecular weight excluding hydrogens is 632 g/mol. The Morgan fingerprint density at radius 3 is 0.878 bits per heavy atom. The maximum Gasteiger partial charge on any atom is 0.150 e. The Morgan fingerprint density at radius 2 is 0.633 bits per heavy atom. The van der Waals surface area contributed by atoms with Gasteiger partial charge in [0.15, 0.2) is 11.5 Å². The SMILES string of the molecule is c1cc(Oc2ccc(N(CC3CO3)CC3CO3)cc2N(CC2CO2)CC2CO2)c(N(CC2CO2)CC2CO2)cc1N(CC1CO1)CC1CO1. The van der Waals surface area contributed by atoms with E-state index in [1.54, 1.807) is 0 Å². The molecule has 0 saturated carbocycles. The molecule has 0 N–H and O–H groups in total. The summed E-state index contributed by atoms with van der Waals surface area (Å²) in [6.07, 6.45) is 1.93. The fourth-order valence-electron chi connectivity index (χ4n) is 6.66. The van der Waals surface area contributed by atoms with Crippen LogP contribution in [-0.2, 0) is 37.9 Å². The van der Waals surface area contributed by atoms with Crippen molar-refractivity contribution in [2.24, 2.45) is 0 Å². The molecule has 0 spiro atoms. The minimum absolute atomic E-state index is 0.213. The molecule has 49 heavy (non-hydrogen) atoms. The molecule has 8 unspecified atom stereocenters. The van der Waals surface area contributed by atoms with Gasteiger partial charge >= 0.3 is 0 Å². The Labute approximate surface area is 286 Å². The Kier molecular flexibility index (Phi) is 8.21. The van der Waals surface area contributed by atoms with Crippen LogP contribution in [0.2, 0.25) is 0 Å². The highest BCUT2D eigenvalue weighted by Gasteiger charge is 2.37. The largest absolute Gasteiger partial charge is 0.453 e. The van der Waals surface area contributed by atoms with Crippen LogP contribution in [0.5, 0.6) is 11.5 Å². The predicted molar refractivity (Wildman–Crippen MR) is 180 cm³/mol.